The zero-order chi connectivity index (χ0) is 15.5. The number of nitrogens with zero attached hydrogens (tertiary/aromatic N) is 1. The Morgan fingerprint density at radius 3 is 2.76 bits per heavy atom. The van der Waals surface area contributed by atoms with Gasteiger partial charge in [0.15, 0.2) is 0 Å². The van der Waals surface area contributed by atoms with Crippen molar-refractivity contribution in [2.45, 2.75) is 40.2 Å². The molecule has 0 unspecified atom stereocenters. The van der Waals surface area contributed by atoms with Crippen molar-refractivity contribution in [1.29, 1.82) is 0 Å². The lowest BCUT2D eigenvalue weighted by Gasteiger charge is -2.10. The van der Waals surface area contributed by atoms with E-state index < -0.39 is 0 Å². The number of hydrogen-bond acceptors (Lipinski definition) is 4. The van der Waals surface area contributed by atoms with Crippen LogP contribution in [0.4, 0.5) is 0 Å². The van der Waals surface area contributed by atoms with Crippen molar-refractivity contribution in [3.8, 4) is 5.88 Å². The van der Waals surface area contributed by atoms with E-state index in [-0.39, 0.29) is 0 Å². The molecule has 1 rings (SSSR count). The van der Waals surface area contributed by atoms with Gasteiger partial charge in [-0.15, -0.1) is 0 Å². The molecule has 1 heterocycles. The fourth-order valence-corrected chi connectivity index (χ4v) is 1.96. The molecule has 0 radical (unpaired) electrons. The molecule has 1 N–H and O–H groups in total. The summed E-state index contributed by atoms with van der Waals surface area (Å²) in [5.41, 5.74) is 1.06. The molecule has 0 bridgehead atoms. The van der Waals surface area contributed by atoms with Crippen LogP contribution in [0.15, 0.2) is 12.3 Å². The Bertz CT molecular complexity index is 400. The van der Waals surface area contributed by atoms with Gasteiger partial charge < -0.3 is 14.8 Å². The normalized spacial score (nSPS) is 11.1. The zero-order valence-electron chi connectivity index (χ0n) is 13.3. The molecule has 21 heavy (non-hydrogen) atoms. The van der Waals surface area contributed by atoms with Gasteiger partial charge >= 0.3 is 0 Å². The third-order valence-electron chi connectivity index (χ3n) is 2.85. The van der Waals surface area contributed by atoms with E-state index >= 15 is 0 Å². The maximum atomic E-state index is 6.18. The summed E-state index contributed by atoms with van der Waals surface area (Å²) in [6, 6.07) is 1.90. The summed E-state index contributed by atoms with van der Waals surface area (Å²) in [6.07, 6.45) is 4.02. The molecule has 0 atom stereocenters. The van der Waals surface area contributed by atoms with Gasteiger partial charge in [-0.3, -0.25) is 0 Å². The van der Waals surface area contributed by atoms with Gasteiger partial charge in [0.1, 0.15) is 11.6 Å². The van der Waals surface area contributed by atoms with Crippen LogP contribution in [0, 0.1) is 5.92 Å². The zero-order valence-corrected chi connectivity index (χ0v) is 14.1. The Kier molecular flexibility index (Phi) is 9.39. The highest BCUT2D eigenvalue weighted by atomic mass is 35.5. The highest BCUT2D eigenvalue weighted by molar-refractivity contribution is 6.31. The first kappa shape index (κ1) is 18.2. The first-order valence-corrected chi connectivity index (χ1v) is 8.07. The van der Waals surface area contributed by atoms with Gasteiger partial charge in [0.25, 0.3) is 0 Å². The van der Waals surface area contributed by atoms with E-state index in [0.29, 0.717) is 30.0 Å². The molecule has 0 aliphatic rings. The van der Waals surface area contributed by atoms with E-state index in [1.165, 1.54) is 0 Å². The van der Waals surface area contributed by atoms with Crippen molar-refractivity contribution in [3.05, 3.63) is 22.8 Å². The summed E-state index contributed by atoms with van der Waals surface area (Å²) >= 11 is 6.18. The van der Waals surface area contributed by atoms with Gasteiger partial charge in [0, 0.05) is 19.3 Å². The maximum absolute atomic E-state index is 6.18. The summed E-state index contributed by atoms with van der Waals surface area (Å²) in [7, 11) is 0. The molecule has 0 fully saturated rings. The summed E-state index contributed by atoms with van der Waals surface area (Å²) in [5, 5.41) is 3.91. The van der Waals surface area contributed by atoms with Gasteiger partial charge in [0.05, 0.1) is 6.61 Å². The molecule has 0 saturated heterocycles. The van der Waals surface area contributed by atoms with E-state index in [9.17, 15) is 0 Å². The molecular weight excluding hydrogens is 288 g/mol. The van der Waals surface area contributed by atoms with Crippen LogP contribution >= 0.6 is 11.6 Å². The highest BCUT2D eigenvalue weighted by Crippen LogP contribution is 2.22. The Balaban J connectivity index is 2.29. The molecular formula is C16H27ClN2O2. The monoisotopic (exact) mass is 314 g/mol. The standard InChI is InChI=1S/C16H27ClN2O2/c1-4-5-6-20-7-8-21-16-15(17)9-14(12-19-16)11-18-10-13(2)3/h9,12-13,18H,4-8,10-11H2,1-3H3. The van der Waals surface area contributed by atoms with E-state index in [1.807, 2.05) is 6.07 Å². The first-order valence-electron chi connectivity index (χ1n) is 7.69. The van der Waals surface area contributed by atoms with Gasteiger partial charge in [-0.25, -0.2) is 4.98 Å². The van der Waals surface area contributed by atoms with Gasteiger partial charge in [0.2, 0.25) is 5.88 Å². The predicted octanol–water partition coefficient (Wildman–Crippen LogP) is 3.68. The number of nitrogens with one attached hydrogen (secondary N) is 1. The minimum atomic E-state index is 0.474. The molecule has 5 heteroatoms. The quantitative estimate of drug-likeness (QED) is 0.633. The van der Waals surface area contributed by atoms with E-state index in [0.717, 1.165) is 38.1 Å². The average Bonchev–Trinajstić information content (AvgIpc) is 2.44. The Morgan fingerprint density at radius 1 is 1.29 bits per heavy atom. The summed E-state index contributed by atoms with van der Waals surface area (Å²) in [5.74, 6) is 1.10. The van der Waals surface area contributed by atoms with Crippen molar-refractivity contribution < 1.29 is 9.47 Å². The Hall–Kier alpha value is -0.840. The van der Waals surface area contributed by atoms with Gasteiger partial charge in [-0.2, -0.15) is 0 Å². The molecule has 0 aliphatic heterocycles. The third kappa shape index (κ3) is 8.24. The molecule has 4 nitrogen and oxygen atoms in total. The van der Waals surface area contributed by atoms with Crippen LogP contribution in [0.5, 0.6) is 5.88 Å². The van der Waals surface area contributed by atoms with Crippen LogP contribution < -0.4 is 10.1 Å². The molecule has 0 saturated carbocycles. The van der Waals surface area contributed by atoms with Gasteiger partial charge in [-0.05, 0) is 30.5 Å². The Labute approximate surface area is 133 Å². The van der Waals surface area contributed by atoms with Crippen LogP contribution in [0.1, 0.15) is 39.2 Å². The summed E-state index contributed by atoms with van der Waals surface area (Å²) < 4.78 is 11.0. The summed E-state index contributed by atoms with van der Waals surface area (Å²) in [6.45, 7) is 10.1. The van der Waals surface area contributed by atoms with Crippen LogP contribution in [-0.2, 0) is 11.3 Å². The number of unbranched alkanes of at least 4 members (excludes halogenated alkanes) is 1. The third-order valence-corrected chi connectivity index (χ3v) is 3.13. The molecule has 0 spiro atoms. The van der Waals surface area contributed by atoms with E-state index in [4.69, 9.17) is 21.1 Å². The minimum Gasteiger partial charge on any atom is -0.474 e. The molecule has 0 amide bonds. The lowest BCUT2D eigenvalue weighted by atomic mass is 10.2. The van der Waals surface area contributed by atoms with Crippen LogP contribution in [0.2, 0.25) is 5.02 Å². The number of rotatable bonds is 11. The molecule has 0 aliphatic carbocycles. The number of ether oxygens (including phenoxy) is 2. The molecule has 1 aromatic heterocycles. The molecule has 120 valence electrons. The fourth-order valence-electron chi connectivity index (χ4n) is 1.72. The van der Waals surface area contributed by atoms with Crippen molar-refractivity contribution in [2.75, 3.05) is 26.4 Å². The number of halogens is 1. The topological polar surface area (TPSA) is 43.4 Å². The average molecular weight is 315 g/mol. The van der Waals surface area contributed by atoms with Crippen LogP contribution in [0.25, 0.3) is 0 Å². The lowest BCUT2D eigenvalue weighted by Crippen LogP contribution is -2.19. The number of pyridine rings is 1. The van der Waals surface area contributed by atoms with Crippen molar-refractivity contribution >= 4 is 11.6 Å². The molecule has 1 aromatic rings. The second-order valence-electron chi connectivity index (χ2n) is 5.47. The molecule has 0 aromatic carbocycles. The number of aromatic nitrogens is 1. The first-order chi connectivity index (χ1) is 10.1. The highest BCUT2D eigenvalue weighted by Gasteiger charge is 2.05. The van der Waals surface area contributed by atoms with Crippen LogP contribution in [0.3, 0.4) is 0 Å². The number of hydrogen-bond donors (Lipinski definition) is 1. The SMILES string of the molecule is CCCCOCCOc1ncc(CNCC(C)C)cc1Cl. The second kappa shape index (κ2) is 10.8. The predicted molar refractivity (Wildman–Crippen MR) is 87.0 cm³/mol. The van der Waals surface area contributed by atoms with Crippen LogP contribution in [-0.4, -0.2) is 31.3 Å². The van der Waals surface area contributed by atoms with Crippen molar-refractivity contribution in [1.82, 2.24) is 10.3 Å². The minimum absolute atomic E-state index is 0.474. The summed E-state index contributed by atoms with van der Waals surface area (Å²) in [4.78, 5) is 4.26. The second-order valence-corrected chi connectivity index (χ2v) is 5.88. The van der Waals surface area contributed by atoms with E-state index in [1.54, 1.807) is 6.20 Å². The Morgan fingerprint density at radius 2 is 2.10 bits per heavy atom. The van der Waals surface area contributed by atoms with Crippen molar-refractivity contribution in [2.24, 2.45) is 5.92 Å². The smallest absolute Gasteiger partial charge is 0.232 e. The lowest BCUT2D eigenvalue weighted by molar-refractivity contribution is 0.0965. The fraction of sp³-hybridized carbons (Fsp3) is 0.688. The van der Waals surface area contributed by atoms with E-state index in [2.05, 4.69) is 31.1 Å². The maximum Gasteiger partial charge on any atom is 0.232 e. The van der Waals surface area contributed by atoms with Gasteiger partial charge in [-0.1, -0.05) is 38.8 Å². The van der Waals surface area contributed by atoms with Crippen molar-refractivity contribution in [3.63, 3.8) is 0 Å². The largest absolute Gasteiger partial charge is 0.474 e.